The van der Waals surface area contributed by atoms with E-state index in [1.54, 1.807) is 12.1 Å². The molecule has 1 heterocycles. The van der Waals surface area contributed by atoms with Crippen LogP contribution in [0.1, 0.15) is 34.1 Å². The number of carbonyl (C=O) groups excluding carboxylic acids is 1. The Balaban J connectivity index is 1.74. The maximum absolute atomic E-state index is 12.5. The second-order valence-corrected chi connectivity index (χ2v) is 6.24. The van der Waals surface area contributed by atoms with Crippen molar-refractivity contribution in [2.24, 2.45) is 5.92 Å². The molecular weight excluding hydrogens is 306 g/mol. The Morgan fingerprint density at radius 1 is 1.50 bits per heavy atom. The second kappa shape index (κ2) is 5.70. The van der Waals surface area contributed by atoms with E-state index in [4.69, 9.17) is 11.6 Å². The van der Waals surface area contributed by atoms with E-state index in [0.717, 1.165) is 12.1 Å². The molecule has 1 aromatic heterocycles. The van der Waals surface area contributed by atoms with Gasteiger partial charge in [0.1, 0.15) is 0 Å². The second-order valence-electron chi connectivity index (χ2n) is 5.84. The molecule has 2 atom stereocenters. The molecule has 1 aromatic carbocycles. The van der Waals surface area contributed by atoms with Crippen LogP contribution in [0.2, 0.25) is 5.02 Å². The van der Waals surface area contributed by atoms with Crippen LogP contribution in [-0.4, -0.2) is 34.9 Å². The molecule has 2 aromatic rings. The van der Waals surface area contributed by atoms with Crippen LogP contribution in [0.4, 0.5) is 0 Å². The van der Waals surface area contributed by atoms with Crippen molar-refractivity contribution in [3.05, 3.63) is 50.7 Å². The number of Topliss-reactive ketones (excluding diaryl/α,β-unsaturated/α-hetero) is 1. The Morgan fingerprint density at radius 3 is 2.86 bits per heavy atom. The number of hydrogen-bond acceptors (Lipinski definition) is 5. The Morgan fingerprint density at radius 2 is 2.27 bits per heavy atom. The van der Waals surface area contributed by atoms with Gasteiger partial charge in [-0.1, -0.05) is 28.9 Å². The summed E-state index contributed by atoms with van der Waals surface area (Å²) in [6.45, 7) is 0.722. The third kappa shape index (κ3) is 2.98. The van der Waals surface area contributed by atoms with Gasteiger partial charge >= 0.3 is 5.76 Å². The molecule has 116 valence electrons. The smallest absolute Gasteiger partial charge is 0.305 e. The van der Waals surface area contributed by atoms with E-state index in [9.17, 15) is 9.59 Å². The van der Waals surface area contributed by atoms with Gasteiger partial charge in [0.15, 0.2) is 11.6 Å². The van der Waals surface area contributed by atoms with Gasteiger partial charge < -0.3 is 4.90 Å². The topological polar surface area (TPSA) is 79.2 Å². The number of H-pyrrole nitrogens is 1. The number of aromatic amines is 1. The van der Waals surface area contributed by atoms with Crippen molar-refractivity contribution >= 4 is 17.4 Å². The van der Waals surface area contributed by atoms with Crippen LogP contribution in [0.3, 0.4) is 0 Å². The SMILES string of the molecule is CN(C)Cc1ccc(C(=O)[C@H]2C[C@@H]2c2noc(=O)[nH]2)cc1Cl. The zero-order valence-electron chi connectivity index (χ0n) is 12.3. The number of aromatic nitrogens is 2. The van der Waals surface area contributed by atoms with E-state index in [0.29, 0.717) is 22.8 Å². The van der Waals surface area contributed by atoms with E-state index < -0.39 is 5.76 Å². The molecule has 0 radical (unpaired) electrons. The molecule has 1 aliphatic rings. The van der Waals surface area contributed by atoms with Crippen LogP contribution in [0.25, 0.3) is 0 Å². The molecule has 0 unspecified atom stereocenters. The first-order chi connectivity index (χ1) is 10.5. The summed E-state index contributed by atoms with van der Waals surface area (Å²) < 4.78 is 4.47. The minimum absolute atomic E-state index is 0.0205. The highest BCUT2D eigenvalue weighted by Gasteiger charge is 2.46. The van der Waals surface area contributed by atoms with Crippen molar-refractivity contribution in [2.45, 2.75) is 18.9 Å². The molecule has 22 heavy (non-hydrogen) atoms. The van der Waals surface area contributed by atoms with Gasteiger partial charge in [0, 0.05) is 29.0 Å². The number of rotatable bonds is 5. The van der Waals surface area contributed by atoms with E-state index in [2.05, 4.69) is 14.7 Å². The highest BCUT2D eigenvalue weighted by molar-refractivity contribution is 6.31. The summed E-state index contributed by atoms with van der Waals surface area (Å²) in [6.07, 6.45) is 0.665. The molecule has 0 spiro atoms. The normalized spacial score (nSPS) is 20.4. The van der Waals surface area contributed by atoms with Crippen LogP contribution in [-0.2, 0) is 6.54 Å². The zero-order valence-corrected chi connectivity index (χ0v) is 13.1. The Hall–Kier alpha value is -1.92. The number of ketones is 1. The molecule has 1 saturated carbocycles. The van der Waals surface area contributed by atoms with Gasteiger partial charge in [-0.25, -0.2) is 4.79 Å². The van der Waals surface area contributed by atoms with E-state index in [1.165, 1.54) is 0 Å². The van der Waals surface area contributed by atoms with E-state index in [1.807, 2.05) is 25.1 Å². The first-order valence-electron chi connectivity index (χ1n) is 6.99. The van der Waals surface area contributed by atoms with E-state index in [-0.39, 0.29) is 17.6 Å². The van der Waals surface area contributed by atoms with Gasteiger partial charge in [-0.05, 0) is 32.1 Å². The van der Waals surface area contributed by atoms with Crippen molar-refractivity contribution in [1.82, 2.24) is 15.0 Å². The fourth-order valence-electron chi connectivity index (χ4n) is 2.57. The van der Waals surface area contributed by atoms with Gasteiger partial charge in [-0.15, -0.1) is 0 Å². The zero-order chi connectivity index (χ0) is 15.9. The summed E-state index contributed by atoms with van der Waals surface area (Å²) in [5.74, 6) is -0.370. The molecular formula is C15H16ClN3O3. The number of nitrogens with zero attached hydrogens (tertiary/aromatic N) is 2. The summed E-state index contributed by atoms with van der Waals surface area (Å²) in [6, 6.07) is 5.39. The molecule has 3 rings (SSSR count). The lowest BCUT2D eigenvalue weighted by molar-refractivity contribution is 0.0964. The molecule has 0 saturated heterocycles. The summed E-state index contributed by atoms with van der Waals surface area (Å²) in [7, 11) is 3.92. The molecule has 1 fully saturated rings. The molecule has 7 heteroatoms. The first-order valence-corrected chi connectivity index (χ1v) is 7.36. The highest BCUT2D eigenvalue weighted by Crippen LogP contribution is 2.47. The van der Waals surface area contributed by atoms with Gasteiger partial charge in [-0.2, -0.15) is 0 Å². The number of nitrogens with one attached hydrogen (secondary N) is 1. The van der Waals surface area contributed by atoms with Crippen molar-refractivity contribution in [3.63, 3.8) is 0 Å². The van der Waals surface area contributed by atoms with Crippen LogP contribution in [0.15, 0.2) is 27.5 Å². The van der Waals surface area contributed by atoms with Gasteiger partial charge in [0.05, 0.1) is 0 Å². The lowest BCUT2D eigenvalue weighted by Crippen LogP contribution is -2.11. The number of halogens is 1. The molecule has 6 nitrogen and oxygen atoms in total. The summed E-state index contributed by atoms with van der Waals surface area (Å²) in [4.78, 5) is 27.9. The average Bonchev–Trinajstić information content (AvgIpc) is 3.15. The van der Waals surface area contributed by atoms with Crippen molar-refractivity contribution in [1.29, 1.82) is 0 Å². The predicted molar refractivity (Wildman–Crippen MR) is 81.1 cm³/mol. The average molecular weight is 322 g/mol. The molecule has 0 bridgehead atoms. The fourth-order valence-corrected chi connectivity index (χ4v) is 2.81. The molecule has 1 aliphatic carbocycles. The van der Waals surface area contributed by atoms with Gasteiger partial charge in [-0.3, -0.25) is 14.3 Å². The maximum Gasteiger partial charge on any atom is 0.438 e. The van der Waals surface area contributed by atoms with Gasteiger partial charge in [0.2, 0.25) is 0 Å². The third-order valence-electron chi connectivity index (χ3n) is 3.76. The minimum atomic E-state index is -0.593. The van der Waals surface area contributed by atoms with Crippen LogP contribution in [0.5, 0.6) is 0 Å². The monoisotopic (exact) mass is 321 g/mol. The Kier molecular flexibility index (Phi) is 3.88. The highest BCUT2D eigenvalue weighted by atomic mass is 35.5. The lowest BCUT2D eigenvalue weighted by Gasteiger charge is -2.12. The van der Waals surface area contributed by atoms with Crippen LogP contribution < -0.4 is 5.76 Å². The first kappa shape index (κ1) is 15.0. The molecule has 0 amide bonds. The van der Waals surface area contributed by atoms with Crippen molar-refractivity contribution < 1.29 is 9.32 Å². The van der Waals surface area contributed by atoms with Crippen LogP contribution in [0, 0.1) is 5.92 Å². The summed E-state index contributed by atoms with van der Waals surface area (Å²) in [5.41, 5.74) is 1.57. The van der Waals surface area contributed by atoms with Crippen LogP contribution >= 0.6 is 11.6 Å². The largest absolute Gasteiger partial charge is 0.438 e. The fraction of sp³-hybridized carbons (Fsp3) is 0.400. The number of hydrogen-bond donors (Lipinski definition) is 1. The maximum atomic E-state index is 12.5. The number of benzene rings is 1. The van der Waals surface area contributed by atoms with E-state index >= 15 is 0 Å². The lowest BCUT2D eigenvalue weighted by atomic mass is 10.0. The standard InChI is InChI=1S/C15H16ClN3O3/c1-19(2)7-9-4-3-8(5-12(9)16)13(20)10-6-11(10)14-17-15(21)22-18-14/h3-5,10-11H,6-7H2,1-2H3,(H,17,18,21)/t10-,11-/m0/s1. The minimum Gasteiger partial charge on any atom is -0.305 e. The molecule has 1 N–H and O–H groups in total. The Bertz CT molecular complexity index is 765. The Labute approximate surface area is 132 Å². The third-order valence-corrected chi connectivity index (χ3v) is 4.11. The van der Waals surface area contributed by atoms with Crippen molar-refractivity contribution in [2.75, 3.05) is 14.1 Å². The van der Waals surface area contributed by atoms with Crippen molar-refractivity contribution in [3.8, 4) is 0 Å². The predicted octanol–water partition coefficient (Wildman–Crippen LogP) is 2.06. The quantitative estimate of drug-likeness (QED) is 0.853. The molecule has 0 aliphatic heterocycles. The van der Waals surface area contributed by atoms with Gasteiger partial charge in [0.25, 0.3) is 0 Å². The summed E-state index contributed by atoms with van der Waals surface area (Å²) in [5, 5.41) is 4.23. The number of carbonyl (C=O) groups is 1. The summed E-state index contributed by atoms with van der Waals surface area (Å²) >= 11 is 6.25.